The summed E-state index contributed by atoms with van der Waals surface area (Å²) in [6.07, 6.45) is 4.53. The summed E-state index contributed by atoms with van der Waals surface area (Å²) >= 11 is 6.08. The molecule has 7 nitrogen and oxygen atoms in total. The van der Waals surface area contributed by atoms with Crippen molar-refractivity contribution in [2.45, 2.75) is 6.92 Å². The average molecular weight is 444 g/mol. The number of carbonyl (C=O) groups excluding carboxylic acids is 1. The normalized spacial score (nSPS) is 13.7. The van der Waals surface area contributed by atoms with Gasteiger partial charge in [0.05, 0.1) is 24.5 Å². The van der Waals surface area contributed by atoms with Crippen LogP contribution < -0.4 is 20.7 Å². The van der Waals surface area contributed by atoms with Crippen LogP contribution in [0.25, 0.3) is 16.8 Å². The fourth-order valence-electron chi connectivity index (χ4n) is 3.13. The van der Waals surface area contributed by atoms with Crippen molar-refractivity contribution in [3.05, 3.63) is 58.5 Å². The minimum absolute atomic E-state index is 0.117. The summed E-state index contributed by atoms with van der Waals surface area (Å²) in [5.74, 6) is 0.287. The van der Waals surface area contributed by atoms with Gasteiger partial charge in [-0.15, -0.1) is 0 Å². The first kappa shape index (κ1) is 22.5. The average Bonchev–Trinajstić information content (AvgIpc) is 2.77. The van der Waals surface area contributed by atoms with E-state index in [0.717, 1.165) is 6.21 Å². The van der Waals surface area contributed by atoms with Gasteiger partial charge in [-0.1, -0.05) is 17.7 Å². The molecule has 0 radical (unpaired) electrons. The predicted molar refractivity (Wildman–Crippen MR) is 121 cm³/mol. The van der Waals surface area contributed by atoms with Crippen molar-refractivity contribution in [1.29, 1.82) is 5.41 Å². The molecule has 0 unspecified atom stereocenters. The van der Waals surface area contributed by atoms with Crippen molar-refractivity contribution in [3.63, 3.8) is 0 Å². The maximum Gasteiger partial charge on any atom is 0.238 e. The SMILES string of the molecule is C/C=C(\C=C(/C=N)NC(=O)CNC)c1cc(-c2cc(Cl)ccc2F)nc2c1OCCN2. The Labute approximate surface area is 184 Å². The molecule has 0 saturated heterocycles. The Morgan fingerprint density at radius 2 is 2.23 bits per heavy atom. The number of amides is 1. The van der Waals surface area contributed by atoms with Gasteiger partial charge in [0.25, 0.3) is 0 Å². The van der Waals surface area contributed by atoms with Gasteiger partial charge in [-0.05, 0) is 49.9 Å². The summed E-state index contributed by atoms with van der Waals surface area (Å²) in [6, 6.07) is 6.00. The number of benzene rings is 1. The van der Waals surface area contributed by atoms with E-state index in [1.807, 2.05) is 13.0 Å². The number of pyridine rings is 1. The highest BCUT2D eigenvalue weighted by molar-refractivity contribution is 6.30. The number of nitrogens with zero attached hydrogens (tertiary/aromatic N) is 1. The number of halogens is 2. The standard InChI is InChI=1S/C22H23ClFN5O2/c1-3-13(8-15(11-25)28-20(30)12-26-2)16-10-19(17-9-14(23)4-5-18(17)24)29-22-21(16)31-7-6-27-22/h3-5,8-11,25-26H,6-7,12H2,1-2H3,(H,27,29)(H,28,30)/b13-3+,15-8+,25-11?. The van der Waals surface area contributed by atoms with Gasteiger partial charge in [0.15, 0.2) is 11.6 Å². The molecule has 0 fully saturated rings. The molecule has 0 spiro atoms. The highest BCUT2D eigenvalue weighted by Crippen LogP contribution is 2.39. The smallest absolute Gasteiger partial charge is 0.238 e. The lowest BCUT2D eigenvalue weighted by atomic mass is 10.00. The summed E-state index contributed by atoms with van der Waals surface area (Å²) in [7, 11) is 1.66. The van der Waals surface area contributed by atoms with Gasteiger partial charge in [-0.25, -0.2) is 9.37 Å². The Bertz CT molecular complexity index is 1070. The molecular formula is C22H23ClFN5O2. The first-order valence-corrected chi connectivity index (χ1v) is 10.0. The Kier molecular flexibility index (Phi) is 7.38. The summed E-state index contributed by atoms with van der Waals surface area (Å²) in [4.78, 5) is 16.5. The van der Waals surface area contributed by atoms with Crippen molar-refractivity contribution in [2.75, 3.05) is 32.1 Å². The van der Waals surface area contributed by atoms with Crippen LogP contribution in [0.5, 0.6) is 5.75 Å². The van der Waals surface area contributed by atoms with E-state index in [-0.39, 0.29) is 18.0 Å². The van der Waals surface area contributed by atoms with Gasteiger partial charge in [0.2, 0.25) is 5.91 Å². The van der Waals surface area contributed by atoms with Crippen LogP contribution in [0.2, 0.25) is 5.02 Å². The maximum atomic E-state index is 14.5. The first-order valence-electron chi connectivity index (χ1n) is 9.67. The summed E-state index contributed by atoms with van der Waals surface area (Å²) < 4.78 is 20.4. The van der Waals surface area contributed by atoms with E-state index in [2.05, 4.69) is 20.9 Å². The molecule has 2 heterocycles. The van der Waals surface area contributed by atoms with Crippen molar-refractivity contribution >= 4 is 35.1 Å². The van der Waals surface area contributed by atoms with Gasteiger partial charge in [0.1, 0.15) is 12.4 Å². The van der Waals surface area contributed by atoms with Crippen LogP contribution in [-0.2, 0) is 4.79 Å². The highest BCUT2D eigenvalue weighted by Gasteiger charge is 2.21. The molecule has 9 heteroatoms. The number of aromatic nitrogens is 1. The third-order valence-electron chi connectivity index (χ3n) is 4.53. The van der Waals surface area contributed by atoms with Crippen molar-refractivity contribution in [2.24, 2.45) is 0 Å². The quantitative estimate of drug-likeness (QED) is 0.387. The Morgan fingerprint density at radius 1 is 1.42 bits per heavy atom. The molecule has 4 N–H and O–H groups in total. The van der Waals surface area contributed by atoms with E-state index in [1.54, 1.807) is 19.2 Å². The number of allylic oxidation sites excluding steroid dienone is 4. The molecule has 1 aliphatic rings. The van der Waals surface area contributed by atoms with E-state index in [1.165, 1.54) is 18.2 Å². The molecule has 3 rings (SSSR count). The van der Waals surface area contributed by atoms with E-state index < -0.39 is 5.82 Å². The zero-order valence-corrected chi connectivity index (χ0v) is 17.9. The van der Waals surface area contributed by atoms with Gasteiger partial charge < -0.3 is 26.1 Å². The van der Waals surface area contributed by atoms with Crippen LogP contribution in [0.1, 0.15) is 12.5 Å². The van der Waals surface area contributed by atoms with Crippen LogP contribution in [0, 0.1) is 11.2 Å². The zero-order valence-electron chi connectivity index (χ0n) is 17.2. The molecule has 0 bridgehead atoms. The Balaban J connectivity index is 2.11. The Hall–Kier alpha value is -3.23. The number of hydrogen-bond donors (Lipinski definition) is 4. The number of fused-ring (bicyclic) bond motifs is 1. The summed E-state index contributed by atoms with van der Waals surface area (Å²) in [5, 5.41) is 16.7. The third kappa shape index (κ3) is 5.28. The lowest BCUT2D eigenvalue weighted by molar-refractivity contribution is -0.119. The van der Waals surface area contributed by atoms with E-state index in [4.69, 9.17) is 21.7 Å². The van der Waals surface area contributed by atoms with Crippen LogP contribution in [0.3, 0.4) is 0 Å². The summed E-state index contributed by atoms with van der Waals surface area (Å²) in [5.41, 5.74) is 2.27. The minimum Gasteiger partial charge on any atom is -0.487 e. The second-order valence-electron chi connectivity index (χ2n) is 6.70. The molecule has 1 aromatic heterocycles. The number of anilines is 1. The number of ether oxygens (including phenoxy) is 1. The zero-order chi connectivity index (χ0) is 22.4. The topological polar surface area (TPSA) is 99.1 Å². The number of rotatable bonds is 7. The lowest BCUT2D eigenvalue weighted by Gasteiger charge is -2.23. The molecule has 0 aliphatic carbocycles. The second-order valence-corrected chi connectivity index (χ2v) is 7.14. The van der Waals surface area contributed by atoms with Crippen LogP contribution in [0.15, 0.2) is 42.1 Å². The van der Waals surface area contributed by atoms with Crippen LogP contribution >= 0.6 is 11.6 Å². The monoisotopic (exact) mass is 443 g/mol. The number of likely N-dealkylation sites (N-methyl/N-ethyl adjacent to an activating group) is 1. The maximum absolute atomic E-state index is 14.5. The van der Waals surface area contributed by atoms with Gasteiger partial charge >= 0.3 is 0 Å². The van der Waals surface area contributed by atoms with E-state index in [0.29, 0.717) is 52.3 Å². The summed E-state index contributed by atoms with van der Waals surface area (Å²) in [6.45, 7) is 2.95. The lowest BCUT2D eigenvalue weighted by Crippen LogP contribution is -2.32. The molecule has 1 amide bonds. The van der Waals surface area contributed by atoms with Crippen molar-refractivity contribution < 1.29 is 13.9 Å². The van der Waals surface area contributed by atoms with E-state index >= 15 is 0 Å². The van der Waals surface area contributed by atoms with Crippen LogP contribution in [-0.4, -0.2) is 43.8 Å². The van der Waals surface area contributed by atoms with E-state index in [9.17, 15) is 9.18 Å². The third-order valence-corrected chi connectivity index (χ3v) is 4.76. The fourth-order valence-corrected chi connectivity index (χ4v) is 3.30. The van der Waals surface area contributed by atoms with Crippen molar-refractivity contribution in [1.82, 2.24) is 15.6 Å². The molecule has 1 aliphatic heterocycles. The fraction of sp³-hybridized carbons (Fsp3) is 0.227. The molecule has 31 heavy (non-hydrogen) atoms. The predicted octanol–water partition coefficient (Wildman–Crippen LogP) is 3.62. The number of hydrogen-bond acceptors (Lipinski definition) is 6. The molecule has 0 atom stereocenters. The molecule has 2 aromatic rings. The number of nitrogens with one attached hydrogen (secondary N) is 4. The Morgan fingerprint density at radius 3 is 2.94 bits per heavy atom. The molecule has 162 valence electrons. The van der Waals surface area contributed by atoms with Gasteiger partial charge in [0, 0.05) is 22.4 Å². The molecule has 0 saturated carbocycles. The van der Waals surface area contributed by atoms with Crippen molar-refractivity contribution in [3.8, 4) is 17.0 Å². The van der Waals surface area contributed by atoms with Gasteiger partial charge in [-0.2, -0.15) is 0 Å². The second kappa shape index (κ2) is 10.2. The van der Waals surface area contributed by atoms with Crippen LogP contribution in [0.4, 0.5) is 10.2 Å². The first-order chi connectivity index (χ1) is 15.0. The highest BCUT2D eigenvalue weighted by atomic mass is 35.5. The number of carbonyl (C=O) groups is 1. The minimum atomic E-state index is -0.448. The van der Waals surface area contributed by atoms with Gasteiger partial charge in [-0.3, -0.25) is 4.79 Å². The molecular weight excluding hydrogens is 421 g/mol. The largest absolute Gasteiger partial charge is 0.487 e. The molecule has 1 aromatic carbocycles.